The quantitative estimate of drug-likeness (QED) is 0.242. The van der Waals surface area contributed by atoms with Gasteiger partial charge in [-0.3, -0.25) is 9.59 Å². The smallest absolute Gasteiger partial charge is 0.222 e. The van der Waals surface area contributed by atoms with Crippen molar-refractivity contribution in [2.45, 2.75) is 119 Å². The van der Waals surface area contributed by atoms with Gasteiger partial charge in [-0.1, -0.05) is 41.5 Å². The van der Waals surface area contributed by atoms with Crippen LogP contribution in [0.2, 0.25) is 0 Å². The van der Waals surface area contributed by atoms with Gasteiger partial charge in [-0.15, -0.1) is 13.2 Å². The fourth-order valence-electron chi connectivity index (χ4n) is 2.83. The molecular formula is C28H57NO4S. The van der Waals surface area contributed by atoms with Gasteiger partial charge in [-0.25, -0.2) is 0 Å². The van der Waals surface area contributed by atoms with Gasteiger partial charge in [0.1, 0.15) is 0 Å². The molecule has 0 fully saturated rings. The second-order valence-electron chi connectivity index (χ2n) is 10.7. The Balaban J connectivity index is -0.00000227. The summed E-state index contributed by atoms with van der Waals surface area (Å²) in [6, 6.07) is -0.419. The van der Waals surface area contributed by atoms with E-state index in [0.717, 1.165) is 19.3 Å². The maximum atomic E-state index is 12.1. The summed E-state index contributed by atoms with van der Waals surface area (Å²) in [5.41, 5.74) is -0.208. The van der Waals surface area contributed by atoms with E-state index in [9.17, 15) is 9.59 Å². The molecule has 2 unspecified atom stereocenters. The molecule has 34 heavy (non-hydrogen) atoms. The molecule has 0 aromatic carbocycles. The normalized spacial score (nSPS) is 13.5. The zero-order valence-corrected chi connectivity index (χ0v) is 25.4. The van der Waals surface area contributed by atoms with Crippen LogP contribution in [0, 0.1) is 11.3 Å². The number of carbonyl (C=O) groups excluding carboxylic acids is 2. The summed E-state index contributed by atoms with van der Waals surface area (Å²) in [7, 11) is 0. The van der Waals surface area contributed by atoms with E-state index < -0.39 is 6.04 Å². The predicted octanol–water partition coefficient (Wildman–Crippen LogP) is 7.08. The first-order chi connectivity index (χ1) is 15.6. The summed E-state index contributed by atoms with van der Waals surface area (Å²) in [5, 5.41) is 2.79. The summed E-state index contributed by atoms with van der Waals surface area (Å²) in [6.07, 6.45) is 5.10. The highest BCUT2D eigenvalue weighted by molar-refractivity contribution is 7.98. The van der Waals surface area contributed by atoms with Crippen LogP contribution in [-0.2, 0) is 19.1 Å². The average Bonchev–Trinajstić information content (AvgIpc) is 2.73. The van der Waals surface area contributed by atoms with Gasteiger partial charge in [-0.2, -0.15) is 11.8 Å². The van der Waals surface area contributed by atoms with Crippen LogP contribution in [-0.4, -0.2) is 54.2 Å². The highest BCUT2D eigenvalue weighted by atomic mass is 32.2. The molecule has 0 radical (unpaired) electrons. The largest absolute Gasteiger partial charge is 0.375 e. The molecule has 0 aromatic heterocycles. The first-order valence-electron chi connectivity index (χ1n) is 12.7. The van der Waals surface area contributed by atoms with E-state index in [2.05, 4.69) is 60.0 Å². The van der Waals surface area contributed by atoms with Crippen molar-refractivity contribution in [3.63, 3.8) is 0 Å². The third kappa shape index (κ3) is 20.5. The van der Waals surface area contributed by atoms with Gasteiger partial charge in [0.2, 0.25) is 5.91 Å². The summed E-state index contributed by atoms with van der Waals surface area (Å²) >= 11 is 1.54. The maximum absolute atomic E-state index is 12.1. The molecule has 0 heterocycles. The van der Waals surface area contributed by atoms with Crippen molar-refractivity contribution in [1.82, 2.24) is 5.32 Å². The van der Waals surface area contributed by atoms with Crippen LogP contribution < -0.4 is 5.32 Å². The number of hydrogen-bond donors (Lipinski definition) is 1. The highest BCUT2D eigenvalue weighted by Gasteiger charge is 2.26. The van der Waals surface area contributed by atoms with Crippen molar-refractivity contribution >= 4 is 23.5 Å². The van der Waals surface area contributed by atoms with Gasteiger partial charge in [0.25, 0.3) is 0 Å². The Bertz CT molecular complexity index is 541. The third-order valence-corrected chi connectivity index (χ3v) is 6.50. The fraction of sp³-hybridized carbons (Fsp3) is 0.857. The number of hydrogen-bond acceptors (Lipinski definition) is 5. The second-order valence-corrected chi connectivity index (χ2v) is 11.6. The molecule has 0 spiro atoms. The minimum atomic E-state index is -0.419. The lowest BCUT2D eigenvalue weighted by molar-refractivity contribution is -0.128. The van der Waals surface area contributed by atoms with Crippen LogP contribution in [0.25, 0.3) is 0 Å². The molecule has 2 atom stereocenters. The molecular weight excluding hydrogens is 446 g/mol. The van der Waals surface area contributed by atoms with Crippen LogP contribution in [0.4, 0.5) is 0 Å². The highest BCUT2D eigenvalue weighted by Crippen LogP contribution is 2.32. The maximum Gasteiger partial charge on any atom is 0.222 e. The number of nitrogens with one attached hydrogen (secondary N) is 1. The molecule has 0 saturated carbocycles. The summed E-state index contributed by atoms with van der Waals surface area (Å²) < 4.78 is 12.1. The van der Waals surface area contributed by atoms with E-state index in [1.54, 1.807) is 11.8 Å². The molecule has 0 rings (SSSR count). The predicted molar refractivity (Wildman–Crippen MR) is 151 cm³/mol. The van der Waals surface area contributed by atoms with Crippen LogP contribution >= 0.6 is 11.8 Å². The first-order valence-corrected chi connectivity index (χ1v) is 14.1. The van der Waals surface area contributed by atoms with Gasteiger partial charge in [-0.05, 0) is 71.5 Å². The molecule has 5 nitrogen and oxygen atoms in total. The van der Waals surface area contributed by atoms with Crippen molar-refractivity contribution in [2.75, 3.05) is 25.2 Å². The summed E-state index contributed by atoms with van der Waals surface area (Å²) in [5.74, 6) is 1.07. The number of Topliss-reactive ketones (excluding diaryl/α,β-unsaturated/α-hetero) is 1. The van der Waals surface area contributed by atoms with E-state index in [-0.39, 0.29) is 29.3 Å². The van der Waals surface area contributed by atoms with Gasteiger partial charge in [0, 0.05) is 5.75 Å². The summed E-state index contributed by atoms with van der Waals surface area (Å²) in [4.78, 5) is 23.6. The molecule has 0 aliphatic heterocycles. The molecule has 0 saturated heterocycles. The lowest BCUT2D eigenvalue weighted by Gasteiger charge is -2.33. The second kappa shape index (κ2) is 19.4. The van der Waals surface area contributed by atoms with Gasteiger partial charge < -0.3 is 14.8 Å². The zero-order chi connectivity index (χ0) is 27.6. The number of thioether (sulfide) groups is 1. The molecule has 0 aliphatic rings. The Morgan fingerprint density at radius 2 is 1.38 bits per heavy atom. The zero-order valence-electron chi connectivity index (χ0n) is 24.6. The Kier molecular flexibility index (Phi) is 21.5. The number of amides is 1. The Labute approximate surface area is 216 Å². The molecule has 1 amide bonds. The molecule has 1 N–H and O–H groups in total. The van der Waals surface area contributed by atoms with Crippen molar-refractivity contribution in [1.29, 1.82) is 0 Å². The van der Waals surface area contributed by atoms with Gasteiger partial charge in [0.15, 0.2) is 5.78 Å². The van der Waals surface area contributed by atoms with Gasteiger partial charge in [0.05, 0.1) is 36.9 Å². The number of ether oxygens (including phenoxy) is 2. The van der Waals surface area contributed by atoms with Crippen LogP contribution in [0.5, 0.6) is 0 Å². The molecule has 0 bridgehead atoms. The first kappa shape index (κ1) is 37.7. The van der Waals surface area contributed by atoms with Crippen LogP contribution in [0.15, 0.2) is 13.2 Å². The van der Waals surface area contributed by atoms with Crippen LogP contribution in [0.3, 0.4) is 0 Å². The molecule has 204 valence electrons. The van der Waals surface area contributed by atoms with Crippen molar-refractivity contribution in [2.24, 2.45) is 11.3 Å². The van der Waals surface area contributed by atoms with Crippen molar-refractivity contribution in [3.05, 3.63) is 13.2 Å². The minimum absolute atomic E-state index is 0.0180. The minimum Gasteiger partial charge on any atom is -0.375 e. The van der Waals surface area contributed by atoms with Crippen LogP contribution in [0.1, 0.15) is 102 Å². The summed E-state index contributed by atoms with van der Waals surface area (Å²) in [6.45, 7) is 30.0. The van der Waals surface area contributed by atoms with E-state index >= 15 is 0 Å². The molecule has 0 aliphatic carbocycles. The molecule has 6 heteroatoms. The lowest BCUT2D eigenvalue weighted by Crippen LogP contribution is -2.42. The number of rotatable bonds is 15. The topological polar surface area (TPSA) is 64.6 Å². The van der Waals surface area contributed by atoms with E-state index in [0.29, 0.717) is 30.3 Å². The number of carbonyl (C=O) groups is 2. The van der Waals surface area contributed by atoms with Crippen molar-refractivity contribution in [3.8, 4) is 0 Å². The Hall–Kier alpha value is -0.850. The standard InChI is InChI=1S/C24H47NO4S.C2H6.C2H4/c1-18(22(3,4)5)11-13-23(6,7)29-16-14-24(8,9)28-15-12-21(27)25-20(17-30-10)19(2)26;2*1-2/h18,20H,11-17H2,1-10H3,(H,25,27);1-2H3;1-2H2. The fourth-order valence-corrected chi connectivity index (χ4v) is 3.48. The third-order valence-electron chi connectivity index (χ3n) is 5.84. The monoisotopic (exact) mass is 503 g/mol. The Morgan fingerprint density at radius 3 is 1.82 bits per heavy atom. The van der Waals surface area contributed by atoms with E-state index in [1.165, 1.54) is 6.92 Å². The van der Waals surface area contributed by atoms with E-state index in [4.69, 9.17) is 9.47 Å². The van der Waals surface area contributed by atoms with E-state index in [1.807, 2.05) is 34.0 Å². The van der Waals surface area contributed by atoms with Gasteiger partial charge >= 0.3 is 0 Å². The average molecular weight is 504 g/mol. The molecule has 0 aromatic rings. The SMILES string of the molecule is C=C.CC.CSCC(NC(=O)CCOC(C)(C)CCOC(C)(C)CCC(C)C(C)(C)C)C(C)=O. The number of ketones is 1. The lowest BCUT2D eigenvalue weighted by atomic mass is 9.78. The Morgan fingerprint density at radius 1 is 0.912 bits per heavy atom. The van der Waals surface area contributed by atoms with Crippen molar-refractivity contribution < 1.29 is 19.1 Å².